The first-order chi connectivity index (χ1) is 9.95. The molecule has 1 fully saturated rings. The van der Waals surface area contributed by atoms with Crippen LogP contribution in [0.25, 0.3) is 0 Å². The lowest BCUT2D eigenvalue weighted by Gasteiger charge is -2.24. The molecule has 4 heteroatoms. The molecule has 1 spiro atoms. The number of rotatable bonds is 2. The number of nitrogens with zero attached hydrogens (tertiary/aromatic N) is 2. The number of carbonyl (C=O) groups is 2. The van der Waals surface area contributed by atoms with Gasteiger partial charge in [-0.05, 0) is 24.0 Å². The normalized spacial score (nSPS) is 24.3. The first kappa shape index (κ1) is 14.1. The van der Waals surface area contributed by atoms with Crippen molar-refractivity contribution in [2.75, 3.05) is 25.0 Å². The van der Waals surface area contributed by atoms with Crippen LogP contribution in [-0.2, 0) is 15.0 Å². The number of amides is 2. The minimum absolute atomic E-state index is 0.128. The Kier molecular flexibility index (Phi) is 3.27. The number of benzene rings is 1. The van der Waals surface area contributed by atoms with E-state index in [1.54, 1.807) is 4.90 Å². The Bertz CT molecular complexity index is 596. The van der Waals surface area contributed by atoms with Crippen LogP contribution in [0.15, 0.2) is 24.3 Å². The topological polar surface area (TPSA) is 40.6 Å². The minimum Gasteiger partial charge on any atom is -0.341 e. The fraction of sp³-hybridized carbons (Fsp3) is 0.529. The summed E-state index contributed by atoms with van der Waals surface area (Å²) in [5.74, 6) is 0.647. The SMILES string of the molecule is CC(C)CC(=O)N1CC[C@@]2(C1)C(=O)N(C)c1ccccc12. The van der Waals surface area contributed by atoms with Crippen molar-refractivity contribution in [2.24, 2.45) is 5.92 Å². The average molecular weight is 286 g/mol. The van der Waals surface area contributed by atoms with Gasteiger partial charge in [-0.15, -0.1) is 0 Å². The first-order valence-electron chi connectivity index (χ1n) is 7.61. The largest absolute Gasteiger partial charge is 0.341 e. The molecule has 0 bridgehead atoms. The zero-order valence-electron chi connectivity index (χ0n) is 12.9. The highest BCUT2D eigenvalue weighted by Gasteiger charge is 2.53. The standard InChI is InChI=1S/C17H22N2O2/c1-12(2)10-15(20)19-9-8-17(11-19)13-6-4-5-7-14(13)18(3)16(17)21/h4-7,12H,8-11H2,1-3H3/t17-/m0/s1. The lowest BCUT2D eigenvalue weighted by atomic mass is 9.81. The lowest BCUT2D eigenvalue weighted by molar-refractivity contribution is -0.131. The highest BCUT2D eigenvalue weighted by molar-refractivity contribution is 6.08. The van der Waals surface area contributed by atoms with Crippen LogP contribution >= 0.6 is 0 Å². The molecule has 2 aliphatic rings. The molecule has 0 unspecified atom stereocenters. The molecule has 0 aliphatic carbocycles. The average Bonchev–Trinajstić information content (AvgIpc) is 2.98. The van der Waals surface area contributed by atoms with Crippen molar-refractivity contribution in [3.05, 3.63) is 29.8 Å². The third kappa shape index (κ3) is 2.04. The summed E-state index contributed by atoms with van der Waals surface area (Å²) in [6, 6.07) is 7.96. The monoisotopic (exact) mass is 286 g/mol. The van der Waals surface area contributed by atoms with E-state index in [4.69, 9.17) is 0 Å². The molecular formula is C17H22N2O2. The fourth-order valence-electron chi connectivity index (χ4n) is 3.61. The van der Waals surface area contributed by atoms with Crippen molar-refractivity contribution < 1.29 is 9.59 Å². The molecule has 0 aromatic heterocycles. The van der Waals surface area contributed by atoms with Gasteiger partial charge in [0, 0.05) is 32.2 Å². The first-order valence-corrected chi connectivity index (χ1v) is 7.61. The third-order valence-electron chi connectivity index (χ3n) is 4.70. The maximum Gasteiger partial charge on any atom is 0.239 e. The number of fused-ring (bicyclic) bond motifs is 2. The number of likely N-dealkylation sites (tertiary alicyclic amines) is 1. The summed E-state index contributed by atoms with van der Waals surface area (Å²) in [5, 5.41) is 0. The molecule has 1 saturated heterocycles. The second-order valence-corrected chi connectivity index (χ2v) is 6.63. The summed E-state index contributed by atoms with van der Waals surface area (Å²) in [5.41, 5.74) is 1.55. The summed E-state index contributed by atoms with van der Waals surface area (Å²) < 4.78 is 0. The van der Waals surface area contributed by atoms with E-state index in [1.807, 2.05) is 50.1 Å². The molecule has 21 heavy (non-hydrogen) atoms. The van der Waals surface area contributed by atoms with Crippen LogP contribution in [0.3, 0.4) is 0 Å². The Morgan fingerprint density at radius 2 is 2.05 bits per heavy atom. The Morgan fingerprint density at radius 3 is 2.76 bits per heavy atom. The quantitative estimate of drug-likeness (QED) is 0.836. The van der Waals surface area contributed by atoms with Gasteiger partial charge < -0.3 is 9.80 Å². The van der Waals surface area contributed by atoms with Crippen LogP contribution in [0, 0.1) is 5.92 Å². The number of hydrogen-bond acceptors (Lipinski definition) is 2. The molecule has 1 atom stereocenters. The van der Waals surface area contributed by atoms with E-state index < -0.39 is 5.41 Å². The van der Waals surface area contributed by atoms with Crippen LogP contribution in [0.5, 0.6) is 0 Å². The molecule has 0 radical (unpaired) electrons. The van der Waals surface area contributed by atoms with E-state index >= 15 is 0 Å². The van der Waals surface area contributed by atoms with Gasteiger partial charge in [0.1, 0.15) is 0 Å². The molecule has 3 rings (SSSR count). The number of hydrogen-bond donors (Lipinski definition) is 0. The van der Waals surface area contributed by atoms with Gasteiger partial charge in [-0.1, -0.05) is 32.0 Å². The van der Waals surface area contributed by atoms with Gasteiger partial charge in [-0.3, -0.25) is 9.59 Å². The van der Waals surface area contributed by atoms with Crippen LogP contribution < -0.4 is 4.90 Å². The van der Waals surface area contributed by atoms with Crippen molar-refractivity contribution in [3.63, 3.8) is 0 Å². The highest BCUT2D eigenvalue weighted by atomic mass is 16.2. The molecule has 1 aromatic carbocycles. The smallest absolute Gasteiger partial charge is 0.239 e. The molecule has 112 valence electrons. The maximum atomic E-state index is 12.8. The predicted octanol–water partition coefficient (Wildman–Crippen LogP) is 2.18. The van der Waals surface area contributed by atoms with Gasteiger partial charge in [0.15, 0.2) is 0 Å². The van der Waals surface area contributed by atoms with Crippen LogP contribution in [0.2, 0.25) is 0 Å². The molecule has 1 aromatic rings. The van der Waals surface area contributed by atoms with E-state index in [0.29, 0.717) is 25.4 Å². The van der Waals surface area contributed by atoms with Crippen LogP contribution in [0.1, 0.15) is 32.3 Å². The summed E-state index contributed by atoms with van der Waals surface area (Å²) in [4.78, 5) is 28.7. The van der Waals surface area contributed by atoms with E-state index in [2.05, 4.69) is 0 Å². The number of carbonyl (C=O) groups excluding carboxylic acids is 2. The molecule has 2 aliphatic heterocycles. The van der Waals surface area contributed by atoms with Gasteiger partial charge in [-0.25, -0.2) is 0 Å². The van der Waals surface area contributed by atoms with Gasteiger partial charge >= 0.3 is 0 Å². The third-order valence-corrected chi connectivity index (χ3v) is 4.70. The minimum atomic E-state index is -0.516. The summed E-state index contributed by atoms with van der Waals surface area (Å²) in [6.07, 6.45) is 1.29. The van der Waals surface area contributed by atoms with Crippen LogP contribution in [0.4, 0.5) is 5.69 Å². The molecule has 0 N–H and O–H groups in total. The van der Waals surface area contributed by atoms with Gasteiger partial charge in [0.25, 0.3) is 0 Å². The Balaban J connectivity index is 1.90. The van der Waals surface area contributed by atoms with Crippen molar-refractivity contribution >= 4 is 17.5 Å². The summed E-state index contributed by atoms with van der Waals surface area (Å²) in [6.45, 7) is 5.30. The van der Waals surface area contributed by atoms with E-state index in [9.17, 15) is 9.59 Å². The summed E-state index contributed by atoms with van der Waals surface area (Å²) in [7, 11) is 1.83. The predicted molar refractivity (Wildman–Crippen MR) is 82.2 cm³/mol. The maximum absolute atomic E-state index is 12.8. The highest BCUT2D eigenvalue weighted by Crippen LogP contribution is 2.46. The van der Waals surface area contributed by atoms with Crippen molar-refractivity contribution in [1.29, 1.82) is 0 Å². The Morgan fingerprint density at radius 1 is 1.33 bits per heavy atom. The fourth-order valence-corrected chi connectivity index (χ4v) is 3.61. The zero-order chi connectivity index (χ0) is 15.2. The second kappa shape index (κ2) is 4.86. The van der Waals surface area contributed by atoms with Gasteiger partial charge in [-0.2, -0.15) is 0 Å². The van der Waals surface area contributed by atoms with Gasteiger partial charge in [0.2, 0.25) is 11.8 Å². The van der Waals surface area contributed by atoms with E-state index in [1.165, 1.54) is 0 Å². The second-order valence-electron chi connectivity index (χ2n) is 6.63. The Labute approximate surface area is 125 Å². The number of likely N-dealkylation sites (N-methyl/N-ethyl adjacent to an activating group) is 1. The summed E-state index contributed by atoms with van der Waals surface area (Å²) >= 11 is 0. The number of anilines is 1. The van der Waals surface area contributed by atoms with Crippen molar-refractivity contribution in [1.82, 2.24) is 4.90 Å². The molecule has 0 saturated carbocycles. The molecule has 2 amide bonds. The zero-order valence-corrected chi connectivity index (χ0v) is 12.9. The van der Waals surface area contributed by atoms with Crippen LogP contribution in [-0.4, -0.2) is 36.9 Å². The van der Waals surface area contributed by atoms with Crippen molar-refractivity contribution in [2.45, 2.75) is 32.1 Å². The van der Waals surface area contributed by atoms with Crippen molar-refractivity contribution in [3.8, 4) is 0 Å². The molecular weight excluding hydrogens is 264 g/mol. The van der Waals surface area contributed by atoms with E-state index in [-0.39, 0.29) is 11.8 Å². The van der Waals surface area contributed by atoms with Gasteiger partial charge in [0.05, 0.1) is 5.41 Å². The Hall–Kier alpha value is -1.84. The molecule has 2 heterocycles. The number of para-hydroxylation sites is 1. The van der Waals surface area contributed by atoms with E-state index in [0.717, 1.165) is 17.7 Å². The lowest BCUT2D eigenvalue weighted by Crippen LogP contribution is -2.42. The molecule has 4 nitrogen and oxygen atoms in total.